The van der Waals surface area contributed by atoms with E-state index in [-0.39, 0.29) is 0 Å². The van der Waals surface area contributed by atoms with Crippen molar-refractivity contribution in [1.29, 1.82) is 0 Å². The number of hydrogen-bond acceptors (Lipinski definition) is 3. The molecule has 0 saturated carbocycles. The molecule has 6 nitrogen and oxygen atoms in total. The van der Waals surface area contributed by atoms with Gasteiger partial charge in [-0.2, -0.15) is 0 Å². The first-order chi connectivity index (χ1) is 18.2. The number of hydrazone groups is 1. The van der Waals surface area contributed by atoms with Gasteiger partial charge in [0.25, 0.3) is 0 Å². The third-order valence-electron chi connectivity index (χ3n) is 7.23. The average molecular weight is 514 g/mol. The first kappa shape index (κ1) is 30.9. The predicted molar refractivity (Wildman–Crippen MR) is 160 cm³/mol. The molecule has 0 saturated heterocycles. The number of aromatic amines is 1. The van der Waals surface area contributed by atoms with Crippen LogP contribution in [-0.4, -0.2) is 36.2 Å². The Morgan fingerprint density at radius 1 is 0.757 bits per heavy atom. The lowest BCUT2D eigenvalue weighted by atomic mass is 10.0. The summed E-state index contributed by atoms with van der Waals surface area (Å²) in [4.78, 5) is 3.27. The molecule has 0 radical (unpaired) electrons. The molecule has 210 valence electrons. The van der Waals surface area contributed by atoms with Crippen LogP contribution in [0.15, 0.2) is 29.5 Å². The van der Waals surface area contributed by atoms with Crippen molar-refractivity contribution in [2.45, 2.75) is 122 Å². The normalized spacial score (nSPS) is 11.8. The minimum atomic E-state index is 0.300. The molecule has 0 aliphatic rings. The molecular formula is C31H55N5O. The van der Waals surface area contributed by atoms with E-state index in [2.05, 4.69) is 33.1 Å². The number of unbranched alkanes of at least 4 members (excludes halogenated alkanes) is 16. The van der Waals surface area contributed by atoms with E-state index in [9.17, 15) is 5.11 Å². The number of fused-ring (bicyclic) bond motifs is 1. The summed E-state index contributed by atoms with van der Waals surface area (Å²) in [5, 5.41) is 22.0. The number of aromatic nitrogens is 1. The van der Waals surface area contributed by atoms with Crippen LogP contribution in [0.1, 0.15) is 122 Å². The molecule has 0 atom stereocenters. The smallest absolute Gasteiger partial charge is 0.213 e. The average Bonchev–Trinajstić information content (AvgIpc) is 3.29. The van der Waals surface area contributed by atoms with E-state index in [1.165, 1.54) is 115 Å². The van der Waals surface area contributed by atoms with Crippen molar-refractivity contribution in [3.63, 3.8) is 0 Å². The van der Waals surface area contributed by atoms with E-state index in [1.807, 2.05) is 25.4 Å². The van der Waals surface area contributed by atoms with Crippen LogP contribution in [-0.2, 0) is 6.42 Å². The summed E-state index contributed by atoms with van der Waals surface area (Å²) in [6.45, 7) is 4.00. The Bertz CT molecular complexity index is 847. The van der Waals surface area contributed by atoms with E-state index in [0.29, 0.717) is 5.75 Å². The molecule has 0 aliphatic heterocycles. The first-order valence-corrected chi connectivity index (χ1v) is 15.3. The predicted octanol–water partition coefficient (Wildman–Crippen LogP) is 7.74. The summed E-state index contributed by atoms with van der Waals surface area (Å²) < 4.78 is 0. The first-order valence-electron chi connectivity index (χ1n) is 15.3. The van der Waals surface area contributed by atoms with E-state index >= 15 is 0 Å². The summed E-state index contributed by atoms with van der Waals surface area (Å²) in [7, 11) is 1.82. The molecule has 0 unspecified atom stereocenters. The summed E-state index contributed by atoms with van der Waals surface area (Å²) in [6.07, 6.45) is 26.6. The minimum absolute atomic E-state index is 0.300. The van der Waals surface area contributed by atoms with E-state index < -0.39 is 0 Å². The lowest BCUT2D eigenvalue weighted by Gasteiger charge is -2.12. The Balaban J connectivity index is 1.40. The maximum atomic E-state index is 9.77. The lowest BCUT2D eigenvalue weighted by Crippen LogP contribution is -2.40. The Kier molecular flexibility index (Phi) is 17.2. The number of guanidine groups is 1. The number of benzene rings is 1. The van der Waals surface area contributed by atoms with Crippen LogP contribution < -0.4 is 16.1 Å². The maximum absolute atomic E-state index is 9.77. The van der Waals surface area contributed by atoms with Crippen molar-refractivity contribution in [3.8, 4) is 5.75 Å². The van der Waals surface area contributed by atoms with Gasteiger partial charge in [-0.1, -0.05) is 110 Å². The molecule has 1 aromatic heterocycles. The standard InChI is InChI=1S/C31H55N5O/c1-3-4-5-6-7-8-9-10-11-12-13-14-15-16-17-18-19-23-33-31(36-32-2)34-24-22-27-26-35-30-21-20-28(37)25-29(27)30/h20-21,25-26,32,35,37H,3-19,22-24H2,1-2H3,(H2,33,34,36). The van der Waals surface area contributed by atoms with Crippen molar-refractivity contribution < 1.29 is 5.11 Å². The zero-order chi connectivity index (χ0) is 26.4. The quantitative estimate of drug-likeness (QED) is 0.0482. The number of phenolic OH excluding ortho intramolecular Hbond substituents is 1. The number of hydrogen-bond donors (Lipinski definition) is 5. The van der Waals surface area contributed by atoms with Gasteiger partial charge in [-0.3, -0.25) is 0 Å². The molecular weight excluding hydrogens is 458 g/mol. The zero-order valence-electron chi connectivity index (χ0n) is 23.8. The van der Waals surface area contributed by atoms with Gasteiger partial charge >= 0.3 is 0 Å². The SMILES string of the molecule is CCCCCCCCCCCCCCCCCCCN/C(=N\NC)NCCc1c[nH]c2ccc(O)cc12. The van der Waals surface area contributed by atoms with Gasteiger partial charge in [0.15, 0.2) is 0 Å². The third-order valence-corrected chi connectivity index (χ3v) is 7.23. The number of H-pyrrole nitrogens is 1. The molecule has 2 aromatic rings. The molecule has 1 aromatic carbocycles. The Labute approximate surface area is 226 Å². The fourth-order valence-electron chi connectivity index (χ4n) is 5.00. The fourth-order valence-corrected chi connectivity index (χ4v) is 5.00. The molecule has 2 rings (SSSR count). The Hall–Kier alpha value is -2.37. The van der Waals surface area contributed by atoms with Gasteiger partial charge in [0, 0.05) is 37.2 Å². The molecule has 0 aliphatic carbocycles. The zero-order valence-corrected chi connectivity index (χ0v) is 23.8. The van der Waals surface area contributed by atoms with Crippen molar-refractivity contribution in [2.24, 2.45) is 5.10 Å². The van der Waals surface area contributed by atoms with E-state index in [4.69, 9.17) is 0 Å². The van der Waals surface area contributed by atoms with E-state index in [0.717, 1.165) is 36.4 Å². The van der Waals surface area contributed by atoms with Crippen molar-refractivity contribution >= 4 is 16.9 Å². The van der Waals surface area contributed by atoms with Gasteiger partial charge in [-0.15, -0.1) is 5.10 Å². The summed E-state index contributed by atoms with van der Waals surface area (Å²) in [5.74, 6) is 1.09. The lowest BCUT2D eigenvalue weighted by molar-refractivity contribution is 0.476. The molecule has 0 bridgehead atoms. The Morgan fingerprint density at radius 3 is 1.86 bits per heavy atom. The highest BCUT2D eigenvalue weighted by Gasteiger charge is 2.05. The van der Waals surface area contributed by atoms with Gasteiger partial charge in [-0.25, -0.2) is 0 Å². The number of rotatable bonds is 22. The Morgan fingerprint density at radius 2 is 1.30 bits per heavy atom. The van der Waals surface area contributed by atoms with Gasteiger partial charge < -0.3 is 26.1 Å². The minimum Gasteiger partial charge on any atom is -0.508 e. The second kappa shape index (κ2) is 20.7. The van der Waals surface area contributed by atoms with Crippen molar-refractivity contribution in [2.75, 3.05) is 20.1 Å². The van der Waals surface area contributed by atoms with Gasteiger partial charge in [0.2, 0.25) is 5.96 Å². The largest absolute Gasteiger partial charge is 0.508 e. The summed E-state index contributed by atoms with van der Waals surface area (Å²) >= 11 is 0. The number of aromatic hydroxyl groups is 1. The van der Waals surface area contributed by atoms with Gasteiger partial charge in [0.1, 0.15) is 5.75 Å². The fraction of sp³-hybridized carbons (Fsp3) is 0.710. The molecule has 5 N–H and O–H groups in total. The number of phenols is 1. The van der Waals surface area contributed by atoms with E-state index in [1.54, 1.807) is 6.07 Å². The van der Waals surface area contributed by atoms with Crippen LogP contribution in [0.3, 0.4) is 0 Å². The van der Waals surface area contributed by atoms with Crippen molar-refractivity contribution in [1.82, 2.24) is 21.0 Å². The highest BCUT2D eigenvalue weighted by atomic mass is 16.3. The van der Waals surface area contributed by atoms with Crippen LogP contribution in [0.5, 0.6) is 5.75 Å². The van der Waals surface area contributed by atoms with Crippen molar-refractivity contribution in [3.05, 3.63) is 30.0 Å². The summed E-state index contributed by atoms with van der Waals surface area (Å²) in [6, 6.07) is 5.44. The molecule has 6 heteroatoms. The molecule has 0 spiro atoms. The van der Waals surface area contributed by atoms with Crippen LogP contribution in [0.4, 0.5) is 0 Å². The topological polar surface area (TPSA) is 84.5 Å². The second-order valence-electron chi connectivity index (χ2n) is 10.5. The summed E-state index contributed by atoms with van der Waals surface area (Å²) in [5.41, 5.74) is 5.12. The number of nitrogens with one attached hydrogen (secondary N) is 4. The second-order valence-corrected chi connectivity index (χ2v) is 10.5. The highest BCUT2D eigenvalue weighted by molar-refractivity contribution is 5.84. The van der Waals surface area contributed by atoms with Gasteiger partial charge in [0.05, 0.1) is 0 Å². The maximum Gasteiger partial charge on any atom is 0.213 e. The van der Waals surface area contributed by atoms with Crippen LogP contribution in [0.2, 0.25) is 0 Å². The van der Waals surface area contributed by atoms with Crippen LogP contribution in [0.25, 0.3) is 10.9 Å². The molecule has 1 heterocycles. The monoisotopic (exact) mass is 513 g/mol. The highest BCUT2D eigenvalue weighted by Crippen LogP contribution is 2.23. The molecule has 37 heavy (non-hydrogen) atoms. The van der Waals surface area contributed by atoms with Gasteiger partial charge in [-0.05, 0) is 36.6 Å². The third kappa shape index (κ3) is 14.2. The van der Waals surface area contributed by atoms with Crippen LogP contribution in [0, 0.1) is 0 Å². The molecule has 0 amide bonds. The molecule has 0 fully saturated rings. The van der Waals surface area contributed by atoms with Crippen LogP contribution >= 0.6 is 0 Å². The number of nitrogens with zero attached hydrogens (tertiary/aromatic N) is 1.